The Bertz CT molecular complexity index is 496. The molecule has 19 heavy (non-hydrogen) atoms. The molecule has 0 fully saturated rings. The summed E-state index contributed by atoms with van der Waals surface area (Å²) in [5.41, 5.74) is 6.12. The zero-order chi connectivity index (χ0) is 14.5. The summed E-state index contributed by atoms with van der Waals surface area (Å²) in [7, 11) is 0. The molecule has 0 atom stereocenters. The molecule has 4 nitrogen and oxygen atoms in total. The predicted octanol–water partition coefficient (Wildman–Crippen LogP) is 2.92. The minimum absolute atomic E-state index is 0.133. The highest BCUT2D eigenvalue weighted by Crippen LogP contribution is 2.29. The maximum absolute atomic E-state index is 12.3. The summed E-state index contributed by atoms with van der Waals surface area (Å²) in [6.07, 6.45) is 1.33. The first-order valence-corrected chi connectivity index (χ1v) is 6.62. The van der Waals surface area contributed by atoms with Crippen molar-refractivity contribution in [2.45, 2.75) is 26.7 Å². The van der Waals surface area contributed by atoms with Gasteiger partial charge in [0, 0.05) is 6.54 Å². The van der Waals surface area contributed by atoms with Crippen LogP contribution >= 0.6 is 11.6 Å². The van der Waals surface area contributed by atoms with Gasteiger partial charge in [-0.25, -0.2) is 0 Å². The van der Waals surface area contributed by atoms with E-state index in [0.29, 0.717) is 35.7 Å². The molecule has 0 saturated heterocycles. The normalized spacial score (nSPS) is 10.9. The SMILES string of the molecule is CCC(CC)(CN)C(=O)Nc1ccc(C#N)cc1Cl. The van der Waals surface area contributed by atoms with Crippen molar-refractivity contribution in [3.8, 4) is 6.07 Å². The molecule has 0 aliphatic carbocycles. The molecule has 1 amide bonds. The molecule has 5 heteroatoms. The van der Waals surface area contributed by atoms with Crippen molar-refractivity contribution >= 4 is 23.2 Å². The van der Waals surface area contributed by atoms with Crippen molar-refractivity contribution in [2.24, 2.45) is 11.1 Å². The van der Waals surface area contributed by atoms with Crippen molar-refractivity contribution in [3.05, 3.63) is 28.8 Å². The maximum atomic E-state index is 12.3. The number of amides is 1. The van der Waals surface area contributed by atoms with Crippen LogP contribution in [-0.4, -0.2) is 12.5 Å². The Morgan fingerprint density at radius 2 is 2.11 bits per heavy atom. The number of nitriles is 1. The van der Waals surface area contributed by atoms with Crippen molar-refractivity contribution in [1.29, 1.82) is 5.26 Å². The van der Waals surface area contributed by atoms with Gasteiger partial charge in [0.25, 0.3) is 0 Å². The van der Waals surface area contributed by atoms with E-state index in [4.69, 9.17) is 22.6 Å². The number of anilines is 1. The summed E-state index contributed by atoms with van der Waals surface area (Å²) >= 11 is 6.03. The fourth-order valence-electron chi connectivity index (χ4n) is 1.89. The lowest BCUT2D eigenvalue weighted by molar-refractivity contribution is -0.125. The highest BCUT2D eigenvalue weighted by molar-refractivity contribution is 6.33. The first kappa shape index (κ1) is 15.5. The molecule has 0 aliphatic heterocycles. The largest absolute Gasteiger partial charge is 0.329 e. The molecular weight excluding hydrogens is 262 g/mol. The van der Waals surface area contributed by atoms with Crippen LogP contribution < -0.4 is 11.1 Å². The average Bonchev–Trinajstić information content (AvgIpc) is 2.43. The number of nitrogens with zero attached hydrogens (tertiary/aromatic N) is 1. The molecule has 0 aliphatic rings. The van der Waals surface area contributed by atoms with E-state index in [9.17, 15) is 4.79 Å². The molecule has 0 spiro atoms. The van der Waals surface area contributed by atoms with Gasteiger partial charge < -0.3 is 11.1 Å². The molecule has 102 valence electrons. The lowest BCUT2D eigenvalue weighted by atomic mass is 9.81. The smallest absolute Gasteiger partial charge is 0.231 e. The molecule has 1 aromatic carbocycles. The van der Waals surface area contributed by atoms with Crippen molar-refractivity contribution < 1.29 is 4.79 Å². The number of carbonyl (C=O) groups is 1. The van der Waals surface area contributed by atoms with Crippen LogP contribution in [0.1, 0.15) is 32.3 Å². The standard InChI is InChI=1S/C14H18ClN3O/c1-3-14(4-2,9-17)13(19)18-12-6-5-10(8-16)7-11(12)15/h5-7H,3-4,9,17H2,1-2H3,(H,18,19). The van der Waals surface area contributed by atoms with Gasteiger partial charge in [0.15, 0.2) is 0 Å². The zero-order valence-electron chi connectivity index (χ0n) is 11.2. The van der Waals surface area contributed by atoms with Gasteiger partial charge in [-0.1, -0.05) is 25.4 Å². The molecule has 0 unspecified atom stereocenters. The van der Waals surface area contributed by atoms with E-state index >= 15 is 0 Å². The fraction of sp³-hybridized carbons (Fsp3) is 0.429. The van der Waals surface area contributed by atoms with Gasteiger partial charge in [0.05, 0.1) is 27.8 Å². The van der Waals surface area contributed by atoms with Crippen molar-refractivity contribution in [1.82, 2.24) is 0 Å². The number of nitrogens with one attached hydrogen (secondary N) is 1. The van der Waals surface area contributed by atoms with Gasteiger partial charge in [-0.15, -0.1) is 0 Å². The maximum Gasteiger partial charge on any atom is 0.231 e. The number of carbonyl (C=O) groups excluding carboxylic acids is 1. The number of rotatable bonds is 5. The van der Waals surface area contributed by atoms with E-state index in [1.165, 1.54) is 6.07 Å². The van der Waals surface area contributed by atoms with Crippen LogP contribution in [0.2, 0.25) is 5.02 Å². The summed E-state index contributed by atoms with van der Waals surface area (Å²) < 4.78 is 0. The Kier molecular flexibility index (Phi) is 5.34. The average molecular weight is 280 g/mol. The van der Waals surface area contributed by atoms with E-state index in [-0.39, 0.29) is 5.91 Å². The Hall–Kier alpha value is -1.57. The van der Waals surface area contributed by atoms with E-state index in [1.807, 2.05) is 19.9 Å². The molecule has 0 heterocycles. The first-order valence-electron chi connectivity index (χ1n) is 6.24. The molecule has 1 rings (SSSR count). The summed E-state index contributed by atoms with van der Waals surface area (Å²) in [5.74, 6) is -0.133. The second kappa shape index (κ2) is 6.55. The molecular formula is C14H18ClN3O. The lowest BCUT2D eigenvalue weighted by Crippen LogP contribution is -2.41. The fourth-order valence-corrected chi connectivity index (χ4v) is 2.12. The minimum Gasteiger partial charge on any atom is -0.329 e. The van der Waals surface area contributed by atoms with Gasteiger partial charge >= 0.3 is 0 Å². The number of nitrogens with two attached hydrogens (primary N) is 1. The highest BCUT2D eigenvalue weighted by atomic mass is 35.5. The number of benzene rings is 1. The van der Waals surface area contributed by atoms with E-state index in [2.05, 4.69) is 5.32 Å². The predicted molar refractivity (Wildman–Crippen MR) is 76.9 cm³/mol. The van der Waals surface area contributed by atoms with E-state index in [0.717, 1.165) is 0 Å². The highest BCUT2D eigenvalue weighted by Gasteiger charge is 2.33. The Morgan fingerprint density at radius 1 is 1.47 bits per heavy atom. The Balaban J connectivity index is 2.97. The van der Waals surface area contributed by atoms with Crippen LogP contribution in [0.3, 0.4) is 0 Å². The van der Waals surface area contributed by atoms with Crippen LogP contribution in [0.15, 0.2) is 18.2 Å². The summed E-state index contributed by atoms with van der Waals surface area (Å²) in [6.45, 7) is 4.17. The second-order valence-corrected chi connectivity index (χ2v) is 4.86. The van der Waals surface area contributed by atoms with Crippen LogP contribution in [0.4, 0.5) is 5.69 Å². The van der Waals surface area contributed by atoms with Crippen molar-refractivity contribution in [2.75, 3.05) is 11.9 Å². The number of hydrogen-bond donors (Lipinski definition) is 2. The van der Waals surface area contributed by atoms with Crippen LogP contribution in [-0.2, 0) is 4.79 Å². The molecule has 0 saturated carbocycles. The van der Waals surface area contributed by atoms with Gasteiger partial charge in [0.2, 0.25) is 5.91 Å². The molecule has 0 radical (unpaired) electrons. The second-order valence-electron chi connectivity index (χ2n) is 4.45. The Labute approximate surface area is 118 Å². The summed E-state index contributed by atoms with van der Waals surface area (Å²) in [5, 5.41) is 11.9. The first-order chi connectivity index (χ1) is 9.02. The summed E-state index contributed by atoms with van der Waals surface area (Å²) in [6, 6.07) is 6.77. The van der Waals surface area contributed by atoms with Gasteiger partial charge in [-0.05, 0) is 31.0 Å². The quantitative estimate of drug-likeness (QED) is 0.870. The van der Waals surface area contributed by atoms with E-state index in [1.54, 1.807) is 12.1 Å². The third-order valence-corrected chi connectivity index (χ3v) is 3.89. The van der Waals surface area contributed by atoms with Gasteiger partial charge in [-0.2, -0.15) is 5.26 Å². The number of hydrogen-bond acceptors (Lipinski definition) is 3. The van der Waals surface area contributed by atoms with Crippen LogP contribution in [0.5, 0.6) is 0 Å². The summed E-state index contributed by atoms with van der Waals surface area (Å²) in [4.78, 5) is 12.3. The molecule has 0 bridgehead atoms. The molecule has 3 N–H and O–H groups in total. The third-order valence-electron chi connectivity index (χ3n) is 3.57. The molecule has 0 aromatic heterocycles. The lowest BCUT2D eigenvalue weighted by Gasteiger charge is -2.28. The van der Waals surface area contributed by atoms with Gasteiger partial charge in [0.1, 0.15) is 0 Å². The van der Waals surface area contributed by atoms with Crippen LogP contribution in [0.25, 0.3) is 0 Å². The van der Waals surface area contributed by atoms with E-state index < -0.39 is 5.41 Å². The minimum atomic E-state index is -0.572. The number of halogens is 1. The third kappa shape index (κ3) is 3.25. The monoisotopic (exact) mass is 279 g/mol. The van der Waals surface area contributed by atoms with Gasteiger partial charge in [-0.3, -0.25) is 4.79 Å². The van der Waals surface area contributed by atoms with Crippen LogP contribution in [0, 0.1) is 16.7 Å². The van der Waals surface area contributed by atoms with Crippen molar-refractivity contribution in [3.63, 3.8) is 0 Å². The zero-order valence-corrected chi connectivity index (χ0v) is 11.9. The molecule has 1 aromatic rings. The Morgan fingerprint density at radius 3 is 2.53 bits per heavy atom. The topological polar surface area (TPSA) is 78.9 Å².